The van der Waals surface area contributed by atoms with E-state index in [9.17, 15) is 0 Å². The summed E-state index contributed by atoms with van der Waals surface area (Å²) in [5.74, 6) is 0. The monoisotopic (exact) mass is 1040 g/mol. The van der Waals surface area contributed by atoms with E-state index in [1.165, 1.54) is 141 Å². The van der Waals surface area contributed by atoms with E-state index in [0.29, 0.717) is 0 Å². The van der Waals surface area contributed by atoms with Gasteiger partial charge in [-0.25, -0.2) is 0 Å². The molecule has 2 atom stereocenters. The van der Waals surface area contributed by atoms with Crippen LogP contribution >= 0.6 is 0 Å². The molecule has 3 aliphatic heterocycles. The molecule has 0 bridgehead atoms. The zero-order valence-electron chi connectivity index (χ0n) is 49.6. The standard InChI is InChI=1S/C76H78BN3/c1-49-41-50(2)71-61(42-49)75(12)39-23-24-40-76(75,13)80(71)58-47-68-70-69(48-58)79(65-38-34-56(73(6,7)8)45-60(65)53-29-21-16-22-30-53)67-46-57(74(9,10)11)32-35-62(67)77(70)63-43-54(51-25-17-14-18-26-51)31-36-66(63)78(68)64-37-33-55(72(3,4)5)44-59(64)52-27-19-15-20-28-52/h14-22,25-38,41-48H,23-24,39-40H2,1-13H3. The van der Waals surface area contributed by atoms with Crippen LogP contribution in [0.2, 0.25) is 0 Å². The molecule has 0 radical (unpaired) electrons. The molecule has 0 aromatic heterocycles. The highest BCUT2D eigenvalue weighted by Crippen LogP contribution is 2.63. The Hall–Kier alpha value is -7.56. The Bertz CT molecular complexity index is 3910. The second-order valence-electron chi connectivity index (χ2n) is 27.5. The van der Waals surface area contributed by atoms with Gasteiger partial charge < -0.3 is 14.7 Å². The van der Waals surface area contributed by atoms with Crippen LogP contribution in [0.15, 0.2) is 188 Å². The van der Waals surface area contributed by atoms with Crippen LogP contribution in [0.5, 0.6) is 0 Å². The van der Waals surface area contributed by atoms with E-state index in [1.54, 1.807) is 0 Å². The van der Waals surface area contributed by atoms with Crippen molar-refractivity contribution >= 4 is 68.6 Å². The molecule has 3 nitrogen and oxygen atoms in total. The Balaban J connectivity index is 1.21. The molecule has 0 N–H and O–H groups in total. The molecule has 4 heteroatoms. The van der Waals surface area contributed by atoms with Crippen LogP contribution in [0.3, 0.4) is 0 Å². The van der Waals surface area contributed by atoms with Crippen molar-refractivity contribution in [3.63, 3.8) is 0 Å². The van der Waals surface area contributed by atoms with E-state index in [0.717, 1.165) is 12.8 Å². The fraction of sp³-hybridized carbons (Fsp3) is 0.289. The summed E-state index contributed by atoms with van der Waals surface area (Å²) in [6, 6.07) is 73.1. The van der Waals surface area contributed by atoms with E-state index in [-0.39, 0.29) is 33.9 Å². The third-order valence-corrected chi connectivity index (χ3v) is 19.2. The van der Waals surface area contributed by atoms with E-state index >= 15 is 0 Å². The number of aryl methyl sites for hydroxylation is 2. The van der Waals surface area contributed by atoms with E-state index in [4.69, 9.17) is 0 Å². The Morgan fingerprint density at radius 1 is 0.412 bits per heavy atom. The highest BCUT2D eigenvalue weighted by atomic mass is 15.3. The number of hydrogen-bond donors (Lipinski definition) is 0. The predicted octanol–water partition coefficient (Wildman–Crippen LogP) is 19.0. The number of anilines is 8. The van der Waals surface area contributed by atoms with Crippen LogP contribution in [0.1, 0.15) is 135 Å². The fourth-order valence-electron chi connectivity index (χ4n) is 14.6. The van der Waals surface area contributed by atoms with E-state index < -0.39 is 0 Å². The maximum absolute atomic E-state index is 2.86. The summed E-state index contributed by atoms with van der Waals surface area (Å²) in [6.07, 6.45) is 4.71. The Morgan fingerprint density at radius 2 is 0.900 bits per heavy atom. The van der Waals surface area contributed by atoms with Crippen molar-refractivity contribution in [2.45, 2.75) is 143 Å². The van der Waals surface area contributed by atoms with Gasteiger partial charge in [0.2, 0.25) is 0 Å². The maximum atomic E-state index is 2.86. The highest BCUT2D eigenvalue weighted by molar-refractivity contribution is 7.00. The van der Waals surface area contributed by atoms with Crippen LogP contribution in [-0.4, -0.2) is 12.3 Å². The minimum atomic E-state index is -0.182. The minimum Gasteiger partial charge on any atom is -0.334 e. The van der Waals surface area contributed by atoms with E-state index in [1.807, 2.05) is 0 Å². The van der Waals surface area contributed by atoms with Gasteiger partial charge in [-0.2, -0.15) is 0 Å². The molecule has 3 heterocycles. The quantitative estimate of drug-likeness (QED) is 0.154. The van der Waals surface area contributed by atoms with Gasteiger partial charge in [0.1, 0.15) is 0 Å². The first-order valence-electron chi connectivity index (χ1n) is 29.6. The lowest BCUT2D eigenvalue weighted by molar-refractivity contribution is 0.195. The van der Waals surface area contributed by atoms with Gasteiger partial charge in [-0.1, -0.05) is 227 Å². The van der Waals surface area contributed by atoms with Crippen LogP contribution < -0.4 is 31.1 Å². The van der Waals surface area contributed by atoms with Gasteiger partial charge in [0, 0.05) is 50.7 Å². The molecular formula is C76H78BN3. The summed E-state index contributed by atoms with van der Waals surface area (Å²) < 4.78 is 0. The third-order valence-electron chi connectivity index (χ3n) is 19.2. The number of fused-ring (bicyclic) bond motifs is 7. The Kier molecular flexibility index (Phi) is 12.0. The van der Waals surface area contributed by atoms with Crippen molar-refractivity contribution in [1.82, 2.24) is 0 Å². The number of benzene rings is 9. The van der Waals surface area contributed by atoms with Crippen molar-refractivity contribution in [3.05, 3.63) is 221 Å². The molecule has 4 aliphatic rings. The topological polar surface area (TPSA) is 9.72 Å². The van der Waals surface area contributed by atoms with Crippen LogP contribution in [0, 0.1) is 13.8 Å². The largest absolute Gasteiger partial charge is 0.334 e. The molecule has 0 saturated heterocycles. The molecule has 0 amide bonds. The predicted molar refractivity (Wildman–Crippen MR) is 345 cm³/mol. The van der Waals surface area contributed by atoms with Crippen molar-refractivity contribution in [2.75, 3.05) is 14.7 Å². The molecule has 9 aromatic carbocycles. The molecule has 1 aliphatic carbocycles. The number of nitrogens with zero attached hydrogens (tertiary/aromatic N) is 3. The number of rotatable bonds is 6. The molecule has 80 heavy (non-hydrogen) atoms. The Labute approximate surface area is 478 Å². The van der Waals surface area contributed by atoms with Crippen molar-refractivity contribution in [2.24, 2.45) is 0 Å². The third kappa shape index (κ3) is 8.13. The normalized spacial score (nSPS) is 18.4. The summed E-state index contributed by atoms with van der Waals surface area (Å²) in [4.78, 5) is 8.26. The van der Waals surface area contributed by atoms with Gasteiger partial charge in [0.05, 0.1) is 16.9 Å². The Morgan fingerprint density at radius 3 is 1.45 bits per heavy atom. The smallest absolute Gasteiger partial charge is 0.252 e. The number of hydrogen-bond acceptors (Lipinski definition) is 3. The van der Waals surface area contributed by atoms with Gasteiger partial charge in [0.25, 0.3) is 6.71 Å². The lowest BCUT2D eigenvalue weighted by Gasteiger charge is -2.51. The van der Waals surface area contributed by atoms with Crippen LogP contribution in [0.4, 0.5) is 45.5 Å². The lowest BCUT2D eigenvalue weighted by Crippen LogP contribution is -2.61. The first-order chi connectivity index (χ1) is 38.1. The van der Waals surface area contributed by atoms with Crippen LogP contribution in [-0.2, 0) is 21.7 Å². The SMILES string of the molecule is Cc1cc(C)c2c(c1)C1(C)CCCCC1(C)N2c1cc2c3c(c1)N(c1ccc(C(C)(C)C)cc1-c1ccccc1)c1cc(C(C)(C)C)ccc1B3c1cc(-c3ccccc3)ccc1N2c1ccc(C(C)(C)C)cc1-c1ccccc1. The van der Waals surface area contributed by atoms with Crippen LogP contribution in [0.25, 0.3) is 33.4 Å². The molecule has 13 rings (SSSR count). The second-order valence-corrected chi connectivity index (χ2v) is 27.5. The second kappa shape index (κ2) is 18.5. The first kappa shape index (κ1) is 51.9. The first-order valence-corrected chi connectivity index (χ1v) is 29.6. The summed E-state index contributed by atoms with van der Waals surface area (Å²) in [5.41, 5.74) is 28.9. The van der Waals surface area contributed by atoms with E-state index in [2.05, 4.69) is 293 Å². The van der Waals surface area contributed by atoms with Gasteiger partial charge in [-0.05, 0) is 165 Å². The lowest BCUT2D eigenvalue weighted by atomic mass is 9.33. The van der Waals surface area contributed by atoms with Gasteiger partial charge in [-0.15, -0.1) is 0 Å². The van der Waals surface area contributed by atoms with Gasteiger partial charge in [-0.3, -0.25) is 0 Å². The molecule has 1 fully saturated rings. The summed E-state index contributed by atoms with van der Waals surface area (Å²) >= 11 is 0. The molecule has 0 spiro atoms. The van der Waals surface area contributed by atoms with Gasteiger partial charge in [0.15, 0.2) is 0 Å². The molecule has 9 aromatic rings. The summed E-state index contributed by atoms with van der Waals surface area (Å²) in [5, 5.41) is 0. The molecule has 2 unspecified atom stereocenters. The summed E-state index contributed by atoms with van der Waals surface area (Å²) in [7, 11) is 0. The molecular weight excluding hydrogens is 966 g/mol. The van der Waals surface area contributed by atoms with Gasteiger partial charge >= 0.3 is 0 Å². The maximum Gasteiger partial charge on any atom is 0.252 e. The zero-order chi connectivity index (χ0) is 55.8. The van der Waals surface area contributed by atoms with Crippen molar-refractivity contribution in [1.29, 1.82) is 0 Å². The minimum absolute atomic E-state index is 0.0480. The zero-order valence-corrected chi connectivity index (χ0v) is 49.6. The fourth-order valence-corrected chi connectivity index (χ4v) is 14.6. The summed E-state index contributed by atoms with van der Waals surface area (Å²) in [6.45, 7) is 30.9. The van der Waals surface area contributed by atoms with Crippen molar-refractivity contribution < 1.29 is 0 Å². The highest BCUT2D eigenvalue weighted by Gasteiger charge is 2.59. The van der Waals surface area contributed by atoms with Crippen molar-refractivity contribution in [3.8, 4) is 33.4 Å². The average Bonchev–Trinajstić information content (AvgIpc) is 1.83. The molecule has 1 saturated carbocycles. The molecule has 400 valence electrons. The average molecular weight is 1040 g/mol.